The highest BCUT2D eigenvalue weighted by Gasteiger charge is 2.45. The molecule has 1 unspecified atom stereocenters. The minimum absolute atomic E-state index is 0.00533. The number of aromatic amines is 1. The molecule has 336 valence electrons. The van der Waals surface area contributed by atoms with Gasteiger partial charge in [-0.25, -0.2) is 9.78 Å². The average Bonchev–Trinajstić information content (AvgIpc) is 4.09. The van der Waals surface area contributed by atoms with Crippen molar-refractivity contribution in [3.05, 3.63) is 114 Å². The number of esters is 1. The molecule has 2 aliphatic rings. The Balaban J connectivity index is 0.885. The maximum Gasteiger partial charge on any atom is 0.349 e. The van der Waals surface area contributed by atoms with Crippen LogP contribution in [0.3, 0.4) is 0 Å². The molecular formula is C49H63N5O6S2Si. The third-order valence-corrected chi connectivity index (χ3v) is 20.5. The number of thiophene rings is 2. The lowest BCUT2D eigenvalue weighted by Crippen LogP contribution is -2.43. The number of nitrogens with zero attached hydrogens (tertiary/aromatic N) is 3. The molecule has 0 radical (unpaired) electrons. The molecular weight excluding hydrogens is 847 g/mol. The van der Waals surface area contributed by atoms with Crippen LogP contribution in [0.5, 0.6) is 5.75 Å². The molecule has 2 aliphatic carbocycles. The Morgan fingerprint density at radius 1 is 1.06 bits per heavy atom. The van der Waals surface area contributed by atoms with Crippen LogP contribution in [0.4, 0.5) is 0 Å². The van der Waals surface area contributed by atoms with E-state index < -0.39 is 19.9 Å². The molecule has 4 heterocycles. The monoisotopic (exact) mass is 909 g/mol. The zero-order valence-electron chi connectivity index (χ0n) is 37.8. The van der Waals surface area contributed by atoms with Crippen LogP contribution in [0.25, 0.3) is 21.9 Å². The van der Waals surface area contributed by atoms with Gasteiger partial charge in [-0.05, 0) is 154 Å². The zero-order valence-corrected chi connectivity index (χ0v) is 40.4. The van der Waals surface area contributed by atoms with Gasteiger partial charge in [-0.2, -0.15) is 0 Å². The second-order valence-corrected chi connectivity index (χ2v) is 26.2. The molecule has 63 heavy (non-hydrogen) atoms. The van der Waals surface area contributed by atoms with E-state index in [1.54, 1.807) is 18.2 Å². The van der Waals surface area contributed by atoms with Crippen LogP contribution in [0, 0.1) is 6.92 Å². The minimum Gasteiger partial charge on any atom is -0.506 e. The van der Waals surface area contributed by atoms with Gasteiger partial charge in [0.05, 0.1) is 38.7 Å². The van der Waals surface area contributed by atoms with Crippen LogP contribution >= 0.6 is 22.7 Å². The molecule has 8 rings (SSSR count). The van der Waals surface area contributed by atoms with Crippen molar-refractivity contribution in [3.63, 3.8) is 0 Å². The first-order valence-electron chi connectivity index (χ1n) is 22.5. The molecule has 4 N–H and O–H groups in total. The summed E-state index contributed by atoms with van der Waals surface area (Å²) in [6.07, 6.45) is 9.18. The molecule has 2 aromatic carbocycles. The molecule has 1 saturated carbocycles. The van der Waals surface area contributed by atoms with Gasteiger partial charge in [0.15, 0.2) is 8.32 Å². The summed E-state index contributed by atoms with van der Waals surface area (Å²) < 4.78 is 15.5. The summed E-state index contributed by atoms with van der Waals surface area (Å²) in [5.74, 6) is -0.530. The molecule has 0 bridgehead atoms. The van der Waals surface area contributed by atoms with Crippen molar-refractivity contribution in [1.29, 1.82) is 0 Å². The Bertz CT molecular complexity index is 2620. The van der Waals surface area contributed by atoms with Crippen LogP contribution in [-0.2, 0) is 45.5 Å². The van der Waals surface area contributed by atoms with E-state index in [1.165, 1.54) is 50.9 Å². The summed E-state index contributed by atoms with van der Waals surface area (Å²) >= 11 is 2.80. The van der Waals surface area contributed by atoms with Gasteiger partial charge in [0.25, 0.3) is 0 Å². The van der Waals surface area contributed by atoms with E-state index in [4.69, 9.17) is 14.1 Å². The number of rotatable bonds is 16. The first-order valence-corrected chi connectivity index (χ1v) is 27.1. The maximum atomic E-state index is 13.6. The first kappa shape index (κ1) is 45.4. The summed E-state index contributed by atoms with van der Waals surface area (Å²) in [6, 6.07) is 17.0. The van der Waals surface area contributed by atoms with Gasteiger partial charge in [-0.3, -0.25) is 4.79 Å². The minimum atomic E-state index is -2.22. The highest BCUT2D eigenvalue weighted by molar-refractivity contribution is 7.13. The van der Waals surface area contributed by atoms with Gasteiger partial charge in [0, 0.05) is 42.0 Å². The number of aromatic hydroxyl groups is 1. The number of hydrogen-bond acceptors (Lipinski definition) is 11. The van der Waals surface area contributed by atoms with E-state index in [0.717, 1.165) is 85.8 Å². The summed E-state index contributed by atoms with van der Waals surface area (Å²) in [5.41, 5.74) is 5.78. The number of aliphatic hydroxyl groups is 1. The molecule has 0 saturated heterocycles. The van der Waals surface area contributed by atoms with E-state index in [0.29, 0.717) is 34.4 Å². The number of hydrogen-bond donors (Lipinski definition) is 4. The summed E-state index contributed by atoms with van der Waals surface area (Å²) in [5, 5.41) is 28.9. The normalized spacial score (nSPS) is 18.6. The summed E-state index contributed by atoms with van der Waals surface area (Å²) in [4.78, 5) is 38.3. The number of phenolic OH excluding ortho intramolecular Hbond substituents is 1. The third kappa shape index (κ3) is 9.36. The number of carbonyl (C=O) groups is 1. The number of phenols is 1. The number of imidazole rings is 1. The lowest BCUT2D eigenvalue weighted by molar-refractivity contribution is -0.169. The summed E-state index contributed by atoms with van der Waals surface area (Å²) in [6.45, 7) is 16.3. The van der Waals surface area contributed by atoms with Crippen molar-refractivity contribution in [2.24, 2.45) is 0 Å². The van der Waals surface area contributed by atoms with E-state index >= 15 is 0 Å². The van der Waals surface area contributed by atoms with Gasteiger partial charge >= 0.3 is 5.97 Å². The fourth-order valence-electron chi connectivity index (χ4n) is 9.35. The largest absolute Gasteiger partial charge is 0.506 e. The lowest BCUT2D eigenvalue weighted by Gasteiger charge is -2.39. The second-order valence-electron chi connectivity index (χ2n) is 19.2. The van der Waals surface area contributed by atoms with Crippen LogP contribution < -0.4 is 10.9 Å². The number of aromatic nitrogens is 3. The third-order valence-electron chi connectivity index (χ3n) is 13.9. The van der Waals surface area contributed by atoms with E-state index in [1.807, 2.05) is 42.9 Å². The SMILES string of the molecule is Cc1ccc([C@@](O)(C(=O)O[C@H]2CC[C@H](N(C)CCCn3cnc4cc(CNCC(O[Si](C)(C)C(C)(C)C)c5ccc(O)c6[nH]c(=O)ccc56)c5c(c43)CCC5)CC2)c2cccs2)s1. The van der Waals surface area contributed by atoms with Gasteiger partial charge in [-0.15, -0.1) is 22.7 Å². The predicted octanol–water partition coefficient (Wildman–Crippen LogP) is 9.47. The number of benzene rings is 2. The number of pyridine rings is 1. The van der Waals surface area contributed by atoms with Crippen LogP contribution in [-0.4, -0.2) is 76.2 Å². The number of ether oxygens (including phenoxy) is 1. The smallest absolute Gasteiger partial charge is 0.349 e. The average molecular weight is 910 g/mol. The van der Waals surface area contributed by atoms with Gasteiger partial charge in [-0.1, -0.05) is 32.9 Å². The number of nitrogens with one attached hydrogen (secondary N) is 2. The fourth-order valence-corrected chi connectivity index (χ4v) is 12.5. The second kappa shape index (κ2) is 18.4. The van der Waals surface area contributed by atoms with Gasteiger partial charge < -0.3 is 39.1 Å². The highest BCUT2D eigenvalue weighted by atomic mass is 32.1. The first-order chi connectivity index (χ1) is 30.0. The van der Waals surface area contributed by atoms with Crippen molar-refractivity contribution < 1.29 is 24.2 Å². The van der Waals surface area contributed by atoms with Gasteiger partial charge in [0.1, 0.15) is 11.9 Å². The van der Waals surface area contributed by atoms with Crippen molar-refractivity contribution >= 4 is 58.9 Å². The number of H-pyrrole nitrogens is 1. The molecule has 0 amide bonds. The van der Waals surface area contributed by atoms with Crippen LogP contribution in [0.2, 0.25) is 18.1 Å². The van der Waals surface area contributed by atoms with E-state index in [-0.39, 0.29) is 28.6 Å². The standard InChI is InChI=1S/C49H63N5O6S2Si/c1-31-14-22-43(62-31)49(58,42-13-9-26-61-42)47(57)59-34-17-15-33(16-18-34)53(5)24-10-25-54-30-51-39-27-32(35-11-8-12-38(35)46(39)54)28-50-29-41(60-63(6,7)48(2,3)4)36-19-21-40(55)45-37(36)20-23-44(56)52-45/h9,13-14,19-23,26-27,30,33-34,41,50,55,58H,8,10-12,15-18,24-25,28-29H2,1-7H3,(H,52,56)/t33-,34-,41?,49-/m1/s1. The number of fused-ring (bicyclic) bond motifs is 4. The maximum absolute atomic E-state index is 13.6. The molecule has 0 aliphatic heterocycles. The van der Waals surface area contributed by atoms with Crippen molar-refractivity contribution in [1.82, 2.24) is 24.8 Å². The molecule has 4 aromatic heterocycles. The molecule has 0 spiro atoms. The van der Waals surface area contributed by atoms with Gasteiger partial charge in [0.2, 0.25) is 11.2 Å². The Labute approximate surface area is 379 Å². The van der Waals surface area contributed by atoms with E-state index in [9.17, 15) is 19.8 Å². The Morgan fingerprint density at radius 2 is 1.84 bits per heavy atom. The predicted molar refractivity (Wildman–Crippen MR) is 256 cm³/mol. The van der Waals surface area contributed by atoms with Crippen molar-refractivity contribution in [2.45, 2.75) is 134 Å². The molecule has 14 heteroatoms. The Kier molecular flexibility index (Phi) is 13.3. The van der Waals surface area contributed by atoms with Crippen LogP contribution in [0.1, 0.15) is 102 Å². The topological polar surface area (TPSA) is 142 Å². The Hall–Kier alpha value is -4.15. The Morgan fingerprint density at radius 3 is 2.56 bits per heavy atom. The fraction of sp³-hybridized carbons (Fsp3) is 0.490. The highest BCUT2D eigenvalue weighted by Crippen LogP contribution is 2.42. The number of carbonyl (C=O) groups excluding carboxylic acids is 1. The van der Waals surface area contributed by atoms with Crippen LogP contribution in [0.15, 0.2) is 71.1 Å². The van der Waals surface area contributed by atoms with Crippen molar-refractivity contribution in [2.75, 3.05) is 20.1 Å². The molecule has 2 atom stereocenters. The zero-order chi connectivity index (χ0) is 44.7. The summed E-state index contributed by atoms with van der Waals surface area (Å²) in [7, 11) is -0.00600. The quantitative estimate of drug-likeness (QED) is 0.0552. The molecule has 1 fully saturated rings. The van der Waals surface area contributed by atoms with Crippen molar-refractivity contribution in [3.8, 4) is 5.75 Å². The molecule has 11 nitrogen and oxygen atoms in total. The number of aryl methyl sites for hydroxylation is 3. The molecule has 6 aromatic rings. The lowest BCUT2D eigenvalue weighted by atomic mass is 9.91. The van der Waals surface area contributed by atoms with E-state index in [2.05, 4.69) is 66.7 Å².